The summed E-state index contributed by atoms with van der Waals surface area (Å²) in [6.07, 6.45) is 0. The molecule has 3 rings (SSSR count). The maximum atomic E-state index is 11.8. The molecule has 2 aromatic carbocycles. The van der Waals surface area contributed by atoms with E-state index in [1.165, 1.54) is 4.80 Å². The Kier molecular flexibility index (Phi) is 5.29. The van der Waals surface area contributed by atoms with Gasteiger partial charge < -0.3 is 0 Å². The molecule has 0 bridgehead atoms. The first-order valence-corrected chi connectivity index (χ1v) is 7.98. The van der Waals surface area contributed by atoms with Crippen molar-refractivity contribution < 1.29 is 9.63 Å². The summed E-state index contributed by atoms with van der Waals surface area (Å²) in [7, 11) is 0. The third kappa shape index (κ3) is 4.46. The molecule has 0 atom stereocenters. The highest BCUT2D eigenvalue weighted by Crippen LogP contribution is 2.17. The van der Waals surface area contributed by atoms with Crippen LogP contribution in [0.5, 0.6) is 0 Å². The number of carbonyl (C=O) groups excluding carboxylic acids is 1. The second-order valence-corrected chi connectivity index (χ2v) is 5.87. The van der Waals surface area contributed by atoms with Crippen molar-refractivity contribution in [2.45, 2.75) is 13.2 Å². The molecule has 1 N–H and O–H groups in total. The molecular formula is C16H14BrN5O2. The predicted molar refractivity (Wildman–Crippen MR) is 90.3 cm³/mol. The largest absolute Gasteiger partial charge is 0.271 e. The summed E-state index contributed by atoms with van der Waals surface area (Å²) in [5, 5.41) is 12.0. The summed E-state index contributed by atoms with van der Waals surface area (Å²) in [5.74, 6) is 0.103. The number of hydrogen-bond acceptors (Lipinski definition) is 5. The van der Waals surface area contributed by atoms with Crippen LogP contribution in [0.15, 0.2) is 59.1 Å². The van der Waals surface area contributed by atoms with Crippen molar-refractivity contribution >= 4 is 21.8 Å². The topological polar surface area (TPSA) is 81.9 Å². The molecule has 7 nitrogen and oxygen atoms in total. The van der Waals surface area contributed by atoms with E-state index in [2.05, 4.69) is 36.8 Å². The zero-order valence-electron chi connectivity index (χ0n) is 12.6. The van der Waals surface area contributed by atoms with E-state index in [0.717, 1.165) is 15.6 Å². The van der Waals surface area contributed by atoms with Gasteiger partial charge in [-0.15, -0.1) is 10.2 Å². The summed E-state index contributed by atoms with van der Waals surface area (Å²) < 4.78 is 0.966. The van der Waals surface area contributed by atoms with Gasteiger partial charge in [0.25, 0.3) is 5.91 Å². The van der Waals surface area contributed by atoms with Crippen LogP contribution in [0.1, 0.15) is 5.56 Å². The zero-order valence-corrected chi connectivity index (χ0v) is 14.2. The minimum atomic E-state index is -0.356. The second-order valence-electron chi connectivity index (χ2n) is 4.95. The molecule has 0 unspecified atom stereocenters. The van der Waals surface area contributed by atoms with Gasteiger partial charge in [-0.3, -0.25) is 9.63 Å². The van der Waals surface area contributed by atoms with Gasteiger partial charge in [-0.05, 0) is 35.0 Å². The monoisotopic (exact) mass is 387 g/mol. The molecule has 0 fully saturated rings. The second kappa shape index (κ2) is 7.80. The van der Waals surface area contributed by atoms with Gasteiger partial charge in [0.1, 0.15) is 6.54 Å². The van der Waals surface area contributed by atoms with Crippen molar-refractivity contribution in [3.63, 3.8) is 0 Å². The minimum absolute atomic E-state index is 0.0711. The van der Waals surface area contributed by atoms with Gasteiger partial charge in [-0.25, -0.2) is 5.48 Å². The molecule has 0 saturated carbocycles. The molecule has 24 heavy (non-hydrogen) atoms. The molecule has 1 amide bonds. The Morgan fingerprint density at radius 3 is 2.62 bits per heavy atom. The smallest absolute Gasteiger partial charge is 0.267 e. The third-order valence-corrected chi connectivity index (χ3v) is 3.64. The number of hydroxylamine groups is 1. The molecule has 0 spiro atoms. The van der Waals surface area contributed by atoms with Crippen molar-refractivity contribution in [3.8, 4) is 11.4 Å². The lowest BCUT2D eigenvalue weighted by atomic mass is 10.2. The Bertz CT molecular complexity index is 805. The Labute approximate surface area is 146 Å². The van der Waals surface area contributed by atoms with Crippen molar-refractivity contribution in [1.82, 2.24) is 25.7 Å². The van der Waals surface area contributed by atoms with Crippen LogP contribution in [0.2, 0.25) is 0 Å². The van der Waals surface area contributed by atoms with Gasteiger partial charge in [0, 0.05) is 10.0 Å². The number of carbonyl (C=O) groups is 1. The van der Waals surface area contributed by atoms with E-state index >= 15 is 0 Å². The van der Waals surface area contributed by atoms with Gasteiger partial charge in [0.2, 0.25) is 5.82 Å². The fraction of sp³-hybridized carbons (Fsp3) is 0.125. The highest BCUT2D eigenvalue weighted by Gasteiger charge is 2.09. The quantitative estimate of drug-likeness (QED) is 0.656. The lowest BCUT2D eigenvalue weighted by Gasteiger charge is -2.05. The SMILES string of the molecule is O=C(Cn1nnc(-c2ccc(Br)cc2)n1)NOCc1ccccc1. The molecule has 3 aromatic rings. The molecule has 1 aromatic heterocycles. The number of halogens is 1. The molecule has 0 aliphatic heterocycles. The van der Waals surface area contributed by atoms with Crippen molar-refractivity contribution in [1.29, 1.82) is 0 Å². The maximum absolute atomic E-state index is 11.8. The number of benzene rings is 2. The number of hydrogen-bond donors (Lipinski definition) is 1. The fourth-order valence-corrected chi connectivity index (χ4v) is 2.22. The minimum Gasteiger partial charge on any atom is -0.271 e. The average Bonchev–Trinajstić information content (AvgIpc) is 3.05. The van der Waals surface area contributed by atoms with Gasteiger partial charge in [0.15, 0.2) is 0 Å². The third-order valence-electron chi connectivity index (χ3n) is 3.11. The van der Waals surface area contributed by atoms with Crippen LogP contribution < -0.4 is 5.48 Å². The summed E-state index contributed by atoms with van der Waals surface area (Å²) in [6, 6.07) is 17.1. The zero-order chi connectivity index (χ0) is 16.8. The van der Waals surface area contributed by atoms with E-state index in [1.54, 1.807) is 0 Å². The summed E-state index contributed by atoms with van der Waals surface area (Å²) in [6.45, 7) is 0.222. The Hall–Kier alpha value is -2.58. The molecule has 0 saturated heterocycles. The van der Waals surface area contributed by atoms with E-state index < -0.39 is 0 Å². The van der Waals surface area contributed by atoms with Crippen LogP contribution >= 0.6 is 15.9 Å². The molecule has 122 valence electrons. The van der Waals surface area contributed by atoms with E-state index in [9.17, 15) is 4.79 Å². The summed E-state index contributed by atoms with van der Waals surface area (Å²) in [4.78, 5) is 18.2. The lowest BCUT2D eigenvalue weighted by molar-refractivity contribution is -0.135. The molecule has 0 aliphatic rings. The first-order chi connectivity index (χ1) is 11.7. The van der Waals surface area contributed by atoms with Crippen LogP contribution in [0.25, 0.3) is 11.4 Å². The van der Waals surface area contributed by atoms with E-state index in [4.69, 9.17) is 4.84 Å². The maximum Gasteiger partial charge on any atom is 0.267 e. The molecule has 0 radical (unpaired) electrons. The van der Waals surface area contributed by atoms with Crippen LogP contribution in [-0.2, 0) is 22.8 Å². The van der Waals surface area contributed by atoms with Crippen LogP contribution in [0.3, 0.4) is 0 Å². The average molecular weight is 388 g/mol. The van der Waals surface area contributed by atoms with Crippen LogP contribution in [0, 0.1) is 0 Å². The number of aromatic nitrogens is 4. The number of tetrazole rings is 1. The molecule has 8 heteroatoms. The predicted octanol–water partition coefficient (Wildman–Crippen LogP) is 2.35. The molecule has 0 aliphatic carbocycles. The Morgan fingerprint density at radius 2 is 1.88 bits per heavy atom. The summed E-state index contributed by atoms with van der Waals surface area (Å²) >= 11 is 3.37. The number of nitrogens with one attached hydrogen (secondary N) is 1. The van der Waals surface area contributed by atoms with Crippen molar-refractivity contribution in [2.75, 3.05) is 0 Å². The van der Waals surface area contributed by atoms with E-state index in [-0.39, 0.29) is 12.5 Å². The van der Waals surface area contributed by atoms with E-state index in [1.807, 2.05) is 54.6 Å². The lowest BCUT2D eigenvalue weighted by Crippen LogP contribution is -2.28. The van der Waals surface area contributed by atoms with Crippen molar-refractivity contribution in [2.24, 2.45) is 0 Å². The first-order valence-electron chi connectivity index (χ1n) is 7.19. The molecule has 1 heterocycles. The number of rotatable bonds is 6. The normalized spacial score (nSPS) is 10.5. The van der Waals surface area contributed by atoms with Crippen LogP contribution in [-0.4, -0.2) is 26.1 Å². The highest BCUT2D eigenvalue weighted by molar-refractivity contribution is 9.10. The van der Waals surface area contributed by atoms with Gasteiger partial charge in [-0.2, -0.15) is 4.80 Å². The Morgan fingerprint density at radius 1 is 1.12 bits per heavy atom. The highest BCUT2D eigenvalue weighted by atomic mass is 79.9. The van der Waals surface area contributed by atoms with Crippen LogP contribution in [0.4, 0.5) is 0 Å². The Balaban J connectivity index is 1.51. The van der Waals surface area contributed by atoms with Gasteiger partial charge in [-0.1, -0.05) is 46.3 Å². The number of amides is 1. The van der Waals surface area contributed by atoms with Gasteiger partial charge in [0.05, 0.1) is 6.61 Å². The first kappa shape index (κ1) is 16.3. The van der Waals surface area contributed by atoms with Gasteiger partial charge >= 0.3 is 0 Å². The standard InChI is InChI=1S/C16H14BrN5O2/c17-14-8-6-13(7-9-14)16-18-21-22(19-16)10-15(23)20-24-11-12-4-2-1-3-5-12/h1-9H,10-11H2,(H,20,23). The fourth-order valence-electron chi connectivity index (χ4n) is 1.96. The van der Waals surface area contributed by atoms with E-state index in [0.29, 0.717) is 12.4 Å². The molecular weight excluding hydrogens is 374 g/mol. The summed E-state index contributed by atoms with van der Waals surface area (Å²) in [5.41, 5.74) is 4.15. The van der Waals surface area contributed by atoms with Crippen molar-refractivity contribution in [3.05, 3.63) is 64.6 Å². The number of nitrogens with zero attached hydrogens (tertiary/aromatic N) is 4.